The van der Waals surface area contributed by atoms with Crippen molar-refractivity contribution >= 4 is 29.3 Å². The maximum Gasteiger partial charge on any atom is 0.325 e. The van der Waals surface area contributed by atoms with Gasteiger partial charge in [-0.3, -0.25) is 4.79 Å². The number of fused-ring (bicyclic) bond motifs is 2. The zero-order valence-corrected chi connectivity index (χ0v) is 11.0. The average molecular weight is 282 g/mol. The Morgan fingerprint density at radius 2 is 2.32 bits per heavy atom. The van der Waals surface area contributed by atoms with Gasteiger partial charge < -0.3 is 15.0 Å². The number of hydrogen-bond acceptors (Lipinski definition) is 4. The van der Waals surface area contributed by atoms with Crippen LogP contribution in [0.4, 0.5) is 10.5 Å². The topological polar surface area (TPSA) is 71.5 Å². The van der Waals surface area contributed by atoms with Gasteiger partial charge in [0.1, 0.15) is 11.7 Å². The Kier molecular flexibility index (Phi) is 2.63. The van der Waals surface area contributed by atoms with Crippen molar-refractivity contribution in [3.05, 3.63) is 23.0 Å². The number of ether oxygens (including phenoxy) is 1. The Bertz CT molecular complexity index is 571. The number of urea groups is 1. The van der Waals surface area contributed by atoms with Crippen molar-refractivity contribution in [2.24, 2.45) is 0 Å². The van der Waals surface area contributed by atoms with Crippen molar-refractivity contribution in [3.63, 3.8) is 0 Å². The Morgan fingerprint density at radius 1 is 1.58 bits per heavy atom. The number of anilines is 1. The zero-order valence-electron chi connectivity index (χ0n) is 10.3. The minimum Gasteiger partial charge on any atom is -0.468 e. The van der Waals surface area contributed by atoms with Crippen molar-refractivity contribution < 1.29 is 14.3 Å². The van der Waals surface area contributed by atoms with Gasteiger partial charge in [-0.2, -0.15) is 0 Å². The molecule has 2 aliphatic rings. The normalized spacial score (nSPS) is 18.8. The van der Waals surface area contributed by atoms with Crippen LogP contribution in [0.3, 0.4) is 0 Å². The highest BCUT2D eigenvalue weighted by Crippen LogP contribution is 2.54. The fraction of sp³-hybridized carbons (Fsp3) is 0.417. The summed E-state index contributed by atoms with van der Waals surface area (Å²) in [6.45, 7) is -0.0873. The lowest BCUT2D eigenvalue weighted by molar-refractivity contribution is -0.141. The highest BCUT2D eigenvalue weighted by molar-refractivity contribution is 6.29. The Balaban J connectivity index is 2.01. The highest BCUT2D eigenvalue weighted by atomic mass is 35.5. The standard InChI is InChI=1S/C12H12ClN3O3/c1-19-9(17)6-16-11(18)14-7-2-3-8(13)15-10(7)12(16)4-5-12/h2-3H,4-6H2,1H3,(H,14,18). The first-order valence-electron chi connectivity index (χ1n) is 5.89. The van der Waals surface area contributed by atoms with E-state index in [1.807, 2.05) is 0 Å². The maximum absolute atomic E-state index is 12.1. The molecule has 3 rings (SSSR count). The van der Waals surface area contributed by atoms with Crippen molar-refractivity contribution in [1.82, 2.24) is 9.88 Å². The number of esters is 1. The lowest BCUT2D eigenvalue weighted by Crippen LogP contribution is -2.50. The summed E-state index contributed by atoms with van der Waals surface area (Å²) in [5, 5.41) is 3.09. The van der Waals surface area contributed by atoms with Crippen LogP contribution in [0, 0.1) is 0 Å². The van der Waals surface area contributed by atoms with Gasteiger partial charge in [-0.1, -0.05) is 11.6 Å². The summed E-state index contributed by atoms with van der Waals surface area (Å²) >= 11 is 5.91. The van der Waals surface area contributed by atoms with Gasteiger partial charge in [-0.15, -0.1) is 0 Å². The molecule has 0 aromatic carbocycles. The first-order valence-corrected chi connectivity index (χ1v) is 6.27. The fourth-order valence-corrected chi connectivity index (χ4v) is 2.59. The predicted octanol–water partition coefficient (Wildman–Crippen LogP) is 1.74. The molecule has 2 amide bonds. The third-order valence-corrected chi connectivity index (χ3v) is 3.75. The summed E-state index contributed by atoms with van der Waals surface area (Å²) in [6.07, 6.45) is 1.55. The van der Waals surface area contributed by atoms with Gasteiger partial charge in [0.15, 0.2) is 0 Å². The second-order valence-corrected chi connectivity index (χ2v) is 5.04. The minimum absolute atomic E-state index is 0.0873. The molecule has 1 saturated carbocycles. The maximum atomic E-state index is 12.1. The molecule has 1 aromatic rings. The molecule has 1 fully saturated rings. The zero-order chi connectivity index (χ0) is 13.6. The van der Waals surface area contributed by atoms with Crippen LogP contribution >= 0.6 is 11.6 Å². The van der Waals surface area contributed by atoms with Crippen molar-refractivity contribution in [3.8, 4) is 0 Å². The highest BCUT2D eigenvalue weighted by Gasteiger charge is 2.57. The van der Waals surface area contributed by atoms with E-state index in [1.54, 1.807) is 12.1 Å². The number of amides is 2. The Labute approximate surface area is 114 Å². The molecule has 7 heteroatoms. The summed E-state index contributed by atoms with van der Waals surface area (Å²) < 4.78 is 4.63. The molecule has 1 aliphatic carbocycles. The van der Waals surface area contributed by atoms with E-state index in [4.69, 9.17) is 11.6 Å². The number of carbonyl (C=O) groups excluding carboxylic acids is 2. The number of methoxy groups -OCH3 is 1. The number of halogens is 1. The molecule has 100 valence electrons. The molecule has 1 aromatic heterocycles. The predicted molar refractivity (Wildman–Crippen MR) is 67.9 cm³/mol. The molecule has 19 heavy (non-hydrogen) atoms. The smallest absolute Gasteiger partial charge is 0.325 e. The molecular weight excluding hydrogens is 270 g/mol. The van der Waals surface area contributed by atoms with Crippen molar-refractivity contribution in [2.75, 3.05) is 19.0 Å². The largest absolute Gasteiger partial charge is 0.468 e. The number of hydrogen-bond donors (Lipinski definition) is 1. The van der Waals surface area contributed by atoms with E-state index in [0.717, 1.165) is 18.5 Å². The monoisotopic (exact) mass is 281 g/mol. The fourth-order valence-electron chi connectivity index (χ4n) is 2.44. The molecule has 2 heterocycles. The number of nitrogens with zero attached hydrogens (tertiary/aromatic N) is 2. The van der Waals surface area contributed by atoms with Gasteiger partial charge in [0.25, 0.3) is 0 Å². The van der Waals surface area contributed by atoms with Crippen LogP contribution in [0.25, 0.3) is 0 Å². The molecule has 0 unspecified atom stereocenters. The van der Waals surface area contributed by atoms with Crippen LogP contribution in [0.5, 0.6) is 0 Å². The van der Waals surface area contributed by atoms with Gasteiger partial charge in [-0.25, -0.2) is 9.78 Å². The molecular formula is C12H12ClN3O3. The molecule has 1 N–H and O–H groups in total. The van der Waals surface area contributed by atoms with Crippen LogP contribution in [0.1, 0.15) is 18.5 Å². The SMILES string of the molecule is COC(=O)CN1C(=O)Nc2ccc(Cl)nc2C12CC2. The number of nitrogens with one attached hydrogen (secondary N) is 1. The summed E-state index contributed by atoms with van der Waals surface area (Å²) in [6, 6.07) is 3.06. The lowest BCUT2D eigenvalue weighted by atomic mass is 10.1. The van der Waals surface area contributed by atoms with E-state index in [1.165, 1.54) is 12.0 Å². The van der Waals surface area contributed by atoms with Gasteiger partial charge in [0.05, 0.1) is 24.0 Å². The number of pyridine rings is 1. The molecule has 0 atom stereocenters. The van der Waals surface area contributed by atoms with E-state index in [9.17, 15) is 9.59 Å². The van der Waals surface area contributed by atoms with Crippen LogP contribution in [-0.4, -0.2) is 35.5 Å². The summed E-state index contributed by atoms with van der Waals surface area (Å²) in [5.41, 5.74) is 0.882. The van der Waals surface area contributed by atoms with E-state index in [0.29, 0.717) is 10.8 Å². The van der Waals surface area contributed by atoms with Crippen LogP contribution in [-0.2, 0) is 15.1 Å². The van der Waals surface area contributed by atoms with Gasteiger partial charge in [0.2, 0.25) is 0 Å². The van der Waals surface area contributed by atoms with Crippen LogP contribution < -0.4 is 5.32 Å². The summed E-state index contributed by atoms with van der Waals surface area (Å²) in [4.78, 5) is 29.3. The first kappa shape index (κ1) is 12.2. The molecule has 1 aliphatic heterocycles. The van der Waals surface area contributed by atoms with E-state index < -0.39 is 11.5 Å². The van der Waals surface area contributed by atoms with E-state index >= 15 is 0 Å². The van der Waals surface area contributed by atoms with Gasteiger partial charge in [-0.05, 0) is 25.0 Å². The number of rotatable bonds is 2. The minimum atomic E-state index is -0.503. The van der Waals surface area contributed by atoms with E-state index in [2.05, 4.69) is 15.0 Å². The first-order chi connectivity index (χ1) is 9.06. The third-order valence-electron chi connectivity index (χ3n) is 3.54. The molecule has 6 nitrogen and oxygen atoms in total. The quantitative estimate of drug-likeness (QED) is 0.662. The van der Waals surface area contributed by atoms with Gasteiger partial charge in [0, 0.05) is 0 Å². The third kappa shape index (κ3) is 1.83. The molecule has 1 spiro atoms. The van der Waals surface area contributed by atoms with Crippen molar-refractivity contribution in [1.29, 1.82) is 0 Å². The Morgan fingerprint density at radius 3 is 2.95 bits per heavy atom. The Hall–Kier alpha value is -1.82. The molecule has 0 bridgehead atoms. The van der Waals surface area contributed by atoms with Crippen molar-refractivity contribution in [2.45, 2.75) is 18.4 Å². The second-order valence-electron chi connectivity index (χ2n) is 4.65. The lowest BCUT2D eigenvalue weighted by Gasteiger charge is -2.36. The summed E-state index contributed by atoms with van der Waals surface area (Å²) in [5.74, 6) is -0.452. The number of aromatic nitrogens is 1. The number of carbonyl (C=O) groups is 2. The average Bonchev–Trinajstić information content (AvgIpc) is 3.17. The molecule has 0 saturated heterocycles. The second kappa shape index (κ2) is 4.09. The van der Waals surface area contributed by atoms with Gasteiger partial charge >= 0.3 is 12.0 Å². The van der Waals surface area contributed by atoms with E-state index in [-0.39, 0.29) is 12.6 Å². The molecule has 0 radical (unpaired) electrons. The van der Waals surface area contributed by atoms with Crippen LogP contribution in [0.15, 0.2) is 12.1 Å². The van der Waals surface area contributed by atoms with Crippen LogP contribution in [0.2, 0.25) is 5.15 Å². The summed E-state index contributed by atoms with van der Waals surface area (Å²) in [7, 11) is 1.30.